The molecular weight excluding hydrogens is 410 g/mol. The van der Waals surface area contributed by atoms with E-state index in [0.717, 1.165) is 21.7 Å². The largest absolute Gasteiger partial charge is 0.508 e. The Bertz CT molecular complexity index is 148. The molecule has 14 heavy (non-hydrogen) atoms. The Morgan fingerprint density at radius 2 is 1.43 bits per heavy atom. The number of carbonyl (C=O) groups excluding carboxylic acids is 1. The van der Waals surface area contributed by atoms with Crippen molar-refractivity contribution in [3.05, 3.63) is 0 Å². The quantitative estimate of drug-likeness (QED) is 0.371. The zero-order valence-corrected chi connectivity index (χ0v) is 12.8. The third-order valence-electron chi connectivity index (χ3n) is 1.63. The molecule has 0 amide bonds. The lowest BCUT2D eigenvalue weighted by Gasteiger charge is -2.15. The molecule has 0 radical (unpaired) electrons. The maximum absolute atomic E-state index is 11.2. The van der Waals surface area contributed by atoms with Crippen LogP contribution in [0.4, 0.5) is 4.79 Å². The fourth-order valence-corrected chi connectivity index (χ4v) is 2.54. The fraction of sp³-hybridized carbons (Fsp3) is 0.889. The summed E-state index contributed by atoms with van der Waals surface area (Å²) in [5, 5.41) is 0. The second-order valence-electron chi connectivity index (χ2n) is 3.06. The standard InChI is InChI=1S/C9H16I2O3/c1-7(3-5-10)13-9(12)14-8(2)4-6-11/h7-8H,3-6H2,1-2H3. The van der Waals surface area contributed by atoms with Crippen molar-refractivity contribution in [2.45, 2.75) is 38.9 Å². The van der Waals surface area contributed by atoms with Crippen LogP contribution in [-0.4, -0.2) is 27.2 Å². The highest BCUT2D eigenvalue weighted by atomic mass is 127. The highest BCUT2D eigenvalue weighted by Gasteiger charge is 2.13. The lowest BCUT2D eigenvalue weighted by atomic mass is 10.3. The zero-order valence-electron chi connectivity index (χ0n) is 8.46. The Balaban J connectivity index is 3.63. The number of carbonyl (C=O) groups is 1. The van der Waals surface area contributed by atoms with Crippen LogP contribution in [0.25, 0.3) is 0 Å². The molecule has 0 aromatic carbocycles. The molecular formula is C9H16I2O3. The Kier molecular flexibility index (Phi) is 9.46. The predicted molar refractivity (Wildman–Crippen MR) is 73.5 cm³/mol. The van der Waals surface area contributed by atoms with E-state index in [4.69, 9.17) is 9.47 Å². The summed E-state index contributed by atoms with van der Waals surface area (Å²) in [6, 6.07) is 0. The van der Waals surface area contributed by atoms with E-state index >= 15 is 0 Å². The number of alkyl halides is 2. The molecule has 0 saturated carbocycles. The summed E-state index contributed by atoms with van der Waals surface area (Å²) in [6.45, 7) is 3.76. The van der Waals surface area contributed by atoms with Gasteiger partial charge in [-0.3, -0.25) is 0 Å². The van der Waals surface area contributed by atoms with Crippen LogP contribution in [0.1, 0.15) is 26.7 Å². The van der Waals surface area contributed by atoms with Gasteiger partial charge in [0.15, 0.2) is 0 Å². The van der Waals surface area contributed by atoms with Gasteiger partial charge in [-0.15, -0.1) is 0 Å². The Hall–Kier alpha value is 0.730. The van der Waals surface area contributed by atoms with E-state index < -0.39 is 6.16 Å². The molecule has 0 aromatic rings. The van der Waals surface area contributed by atoms with Gasteiger partial charge in [-0.05, 0) is 26.7 Å². The molecule has 2 atom stereocenters. The van der Waals surface area contributed by atoms with Crippen molar-refractivity contribution in [1.29, 1.82) is 0 Å². The first-order chi connectivity index (χ1) is 6.60. The molecule has 84 valence electrons. The molecule has 0 aromatic heterocycles. The molecule has 0 aliphatic heterocycles. The third-order valence-corrected chi connectivity index (χ3v) is 2.87. The average Bonchev–Trinajstić information content (AvgIpc) is 2.03. The first-order valence-corrected chi connectivity index (χ1v) is 7.64. The van der Waals surface area contributed by atoms with Crippen molar-refractivity contribution in [1.82, 2.24) is 0 Å². The molecule has 0 rings (SSSR count). The van der Waals surface area contributed by atoms with Crippen LogP contribution in [0.2, 0.25) is 0 Å². The van der Waals surface area contributed by atoms with Crippen molar-refractivity contribution in [3.8, 4) is 0 Å². The summed E-state index contributed by atoms with van der Waals surface area (Å²) < 4.78 is 12.0. The van der Waals surface area contributed by atoms with Crippen LogP contribution in [0, 0.1) is 0 Å². The molecule has 0 bridgehead atoms. The van der Waals surface area contributed by atoms with Crippen molar-refractivity contribution in [3.63, 3.8) is 0 Å². The second-order valence-corrected chi connectivity index (χ2v) is 5.22. The summed E-state index contributed by atoms with van der Waals surface area (Å²) in [7, 11) is 0. The zero-order chi connectivity index (χ0) is 11.0. The third kappa shape index (κ3) is 8.07. The SMILES string of the molecule is CC(CCI)OC(=O)OC(C)CCI. The highest BCUT2D eigenvalue weighted by molar-refractivity contribution is 14.1. The molecule has 0 saturated heterocycles. The van der Waals surface area contributed by atoms with Crippen LogP contribution < -0.4 is 0 Å². The number of rotatable bonds is 6. The van der Waals surface area contributed by atoms with Gasteiger partial charge in [-0.25, -0.2) is 4.79 Å². The van der Waals surface area contributed by atoms with E-state index in [1.165, 1.54) is 0 Å². The van der Waals surface area contributed by atoms with Gasteiger partial charge in [-0.1, -0.05) is 45.2 Å². The lowest BCUT2D eigenvalue weighted by Crippen LogP contribution is -2.21. The topological polar surface area (TPSA) is 35.5 Å². The van der Waals surface area contributed by atoms with Crippen molar-refractivity contribution >= 4 is 51.3 Å². The Labute approximate surface area is 113 Å². The molecule has 0 fully saturated rings. The van der Waals surface area contributed by atoms with E-state index in [2.05, 4.69) is 45.2 Å². The monoisotopic (exact) mass is 426 g/mol. The van der Waals surface area contributed by atoms with E-state index in [0.29, 0.717) is 0 Å². The van der Waals surface area contributed by atoms with Gasteiger partial charge in [0.25, 0.3) is 0 Å². The summed E-state index contributed by atoms with van der Waals surface area (Å²) in [4.78, 5) is 11.2. The van der Waals surface area contributed by atoms with E-state index in [1.54, 1.807) is 0 Å². The summed E-state index contributed by atoms with van der Waals surface area (Å²) in [6.07, 6.45) is 1.10. The summed E-state index contributed by atoms with van der Waals surface area (Å²) in [5.41, 5.74) is 0. The molecule has 0 aliphatic carbocycles. The van der Waals surface area contributed by atoms with Gasteiger partial charge < -0.3 is 9.47 Å². The van der Waals surface area contributed by atoms with E-state index in [1.807, 2.05) is 13.8 Å². The maximum atomic E-state index is 11.2. The molecule has 2 unspecified atom stereocenters. The summed E-state index contributed by atoms with van der Waals surface area (Å²) >= 11 is 4.51. The van der Waals surface area contributed by atoms with Crippen LogP contribution in [0.5, 0.6) is 0 Å². The van der Waals surface area contributed by atoms with Crippen molar-refractivity contribution in [2.24, 2.45) is 0 Å². The second kappa shape index (κ2) is 8.99. The van der Waals surface area contributed by atoms with Crippen LogP contribution in [-0.2, 0) is 9.47 Å². The fourth-order valence-electron chi connectivity index (χ4n) is 0.781. The normalized spacial score (nSPS) is 14.6. The molecule has 0 aliphatic rings. The Morgan fingerprint density at radius 1 is 1.07 bits per heavy atom. The van der Waals surface area contributed by atoms with E-state index in [-0.39, 0.29) is 12.2 Å². The minimum absolute atomic E-state index is 0.0498. The number of ether oxygens (including phenoxy) is 2. The molecule has 0 N–H and O–H groups in total. The average molecular weight is 426 g/mol. The smallest absolute Gasteiger partial charge is 0.431 e. The molecule has 5 heteroatoms. The van der Waals surface area contributed by atoms with Crippen molar-refractivity contribution < 1.29 is 14.3 Å². The number of hydrogen-bond donors (Lipinski definition) is 0. The first-order valence-electron chi connectivity index (χ1n) is 4.59. The van der Waals surface area contributed by atoms with Gasteiger partial charge >= 0.3 is 6.16 Å². The number of hydrogen-bond acceptors (Lipinski definition) is 3. The molecule has 3 nitrogen and oxygen atoms in total. The molecule has 0 spiro atoms. The molecule has 0 heterocycles. The first kappa shape index (κ1) is 14.7. The van der Waals surface area contributed by atoms with Crippen LogP contribution in [0.3, 0.4) is 0 Å². The van der Waals surface area contributed by atoms with Gasteiger partial charge in [0.1, 0.15) is 12.2 Å². The minimum Gasteiger partial charge on any atom is -0.431 e. The van der Waals surface area contributed by atoms with Gasteiger partial charge in [-0.2, -0.15) is 0 Å². The Morgan fingerprint density at radius 3 is 1.71 bits per heavy atom. The number of halogens is 2. The maximum Gasteiger partial charge on any atom is 0.508 e. The minimum atomic E-state index is -0.542. The van der Waals surface area contributed by atoms with Crippen molar-refractivity contribution in [2.75, 3.05) is 8.86 Å². The van der Waals surface area contributed by atoms with Crippen LogP contribution >= 0.6 is 45.2 Å². The highest BCUT2D eigenvalue weighted by Crippen LogP contribution is 2.06. The predicted octanol–water partition coefficient (Wildman–Crippen LogP) is 3.57. The van der Waals surface area contributed by atoms with Gasteiger partial charge in [0, 0.05) is 8.86 Å². The van der Waals surface area contributed by atoms with Gasteiger partial charge in [0.05, 0.1) is 0 Å². The van der Waals surface area contributed by atoms with Gasteiger partial charge in [0.2, 0.25) is 0 Å². The van der Waals surface area contributed by atoms with E-state index in [9.17, 15) is 4.79 Å². The summed E-state index contributed by atoms with van der Waals surface area (Å²) in [5.74, 6) is 0. The van der Waals surface area contributed by atoms with Crippen LogP contribution in [0.15, 0.2) is 0 Å². The lowest BCUT2D eigenvalue weighted by molar-refractivity contribution is 0.00687.